The lowest BCUT2D eigenvalue weighted by Crippen LogP contribution is -2.56. The maximum absolute atomic E-state index is 11.7. The number of primary amides is 1. The van der Waals surface area contributed by atoms with E-state index >= 15 is 0 Å². The molecule has 0 aliphatic carbocycles. The number of hydrogen-bond donors (Lipinski definition) is 2. The first kappa shape index (κ1) is 13.5. The van der Waals surface area contributed by atoms with Crippen molar-refractivity contribution < 1.29 is 4.79 Å². The maximum Gasteiger partial charge on any atom is 0.239 e. The van der Waals surface area contributed by atoms with Crippen LogP contribution < -0.4 is 11.1 Å². The van der Waals surface area contributed by atoms with Crippen LogP contribution in [0.5, 0.6) is 0 Å². The minimum absolute atomic E-state index is 0.348. The summed E-state index contributed by atoms with van der Waals surface area (Å²) in [4.78, 5) is 16.0. The average molecular weight is 260 g/mol. The van der Waals surface area contributed by atoms with E-state index in [4.69, 9.17) is 5.73 Å². The van der Waals surface area contributed by atoms with E-state index in [0.29, 0.717) is 6.54 Å². The number of amides is 1. The number of carbonyl (C=O) groups is 1. The molecule has 0 bridgehead atoms. The number of nitrogens with zero attached hydrogens (tertiary/aromatic N) is 2. The van der Waals surface area contributed by atoms with E-state index in [1.165, 1.54) is 0 Å². The lowest BCUT2D eigenvalue weighted by molar-refractivity contribution is -0.124. The van der Waals surface area contributed by atoms with Crippen LogP contribution in [0.3, 0.4) is 0 Å². The fraction of sp³-hybridized carbons (Fsp3) is 0.429. The summed E-state index contributed by atoms with van der Waals surface area (Å²) in [5, 5.41) is 3.23. The highest BCUT2D eigenvalue weighted by Crippen LogP contribution is 2.15. The smallest absolute Gasteiger partial charge is 0.239 e. The Morgan fingerprint density at radius 1 is 1.47 bits per heavy atom. The second-order valence-corrected chi connectivity index (χ2v) is 4.98. The lowest BCUT2D eigenvalue weighted by Gasteiger charge is -2.28. The summed E-state index contributed by atoms with van der Waals surface area (Å²) in [5.74, 6) is -0.348. The molecule has 19 heavy (non-hydrogen) atoms. The van der Waals surface area contributed by atoms with Crippen LogP contribution in [-0.4, -0.2) is 27.5 Å². The van der Waals surface area contributed by atoms with Crippen LogP contribution in [0.1, 0.15) is 20.3 Å². The van der Waals surface area contributed by atoms with Crippen molar-refractivity contribution in [2.75, 3.05) is 6.54 Å². The highest BCUT2D eigenvalue weighted by molar-refractivity contribution is 5.84. The third kappa shape index (κ3) is 2.76. The van der Waals surface area contributed by atoms with E-state index < -0.39 is 5.54 Å². The van der Waals surface area contributed by atoms with Crippen molar-refractivity contribution in [1.82, 2.24) is 14.9 Å². The predicted molar refractivity (Wildman–Crippen MR) is 75.6 cm³/mol. The third-order valence-electron chi connectivity index (χ3n) is 3.32. The Labute approximate surface area is 112 Å². The molecule has 1 aromatic heterocycles. The van der Waals surface area contributed by atoms with Crippen molar-refractivity contribution >= 4 is 16.9 Å². The molecule has 102 valence electrons. The zero-order valence-electron chi connectivity index (χ0n) is 11.4. The summed E-state index contributed by atoms with van der Waals surface area (Å²) >= 11 is 0. The van der Waals surface area contributed by atoms with Gasteiger partial charge >= 0.3 is 0 Å². The summed E-state index contributed by atoms with van der Waals surface area (Å²) in [6.45, 7) is 5.12. The normalized spacial score (nSPS) is 14.4. The Morgan fingerprint density at radius 3 is 2.89 bits per heavy atom. The molecule has 2 aromatic rings. The molecule has 0 aliphatic heterocycles. The molecule has 0 spiro atoms. The third-order valence-corrected chi connectivity index (χ3v) is 3.32. The Balaban J connectivity index is 2.28. The standard InChI is InChI=1S/C14H20N4O/c1-3-8-17-14(2,13(15)19)9-18-10-16-11-6-4-5-7-12(11)18/h4-7,10,17H,3,8-9H2,1-2H3,(H2,15,19). The predicted octanol–water partition coefficient (Wildman–Crippen LogP) is 1.28. The molecule has 1 amide bonds. The molecule has 5 heteroatoms. The van der Waals surface area contributed by atoms with E-state index in [0.717, 1.165) is 24.0 Å². The highest BCUT2D eigenvalue weighted by atomic mass is 16.1. The molecular formula is C14H20N4O. The number of para-hydroxylation sites is 2. The van der Waals surface area contributed by atoms with E-state index in [1.807, 2.05) is 35.8 Å². The summed E-state index contributed by atoms with van der Waals surface area (Å²) in [6, 6.07) is 7.85. The van der Waals surface area contributed by atoms with Crippen molar-refractivity contribution in [3.63, 3.8) is 0 Å². The van der Waals surface area contributed by atoms with E-state index in [9.17, 15) is 4.79 Å². The second kappa shape index (κ2) is 5.40. The Morgan fingerprint density at radius 2 is 2.21 bits per heavy atom. The molecule has 1 heterocycles. The van der Waals surface area contributed by atoms with Crippen LogP contribution in [0, 0.1) is 0 Å². The molecule has 0 saturated heterocycles. The van der Waals surface area contributed by atoms with E-state index in [-0.39, 0.29) is 5.91 Å². The van der Waals surface area contributed by atoms with Gasteiger partial charge in [0.05, 0.1) is 23.9 Å². The lowest BCUT2D eigenvalue weighted by atomic mass is 10.0. The van der Waals surface area contributed by atoms with E-state index in [1.54, 1.807) is 6.33 Å². The molecule has 0 fully saturated rings. The first-order valence-corrected chi connectivity index (χ1v) is 6.51. The number of nitrogens with one attached hydrogen (secondary N) is 1. The van der Waals surface area contributed by atoms with Gasteiger partial charge in [0, 0.05) is 0 Å². The fourth-order valence-corrected chi connectivity index (χ4v) is 2.10. The molecule has 0 saturated carbocycles. The van der Waals surface area contributed by atoms with Crippen molar-refractivity contribution in [1.29, 1.82) is 0 Å². The van der Waals surface area contributed by atoms with Crippen LogP contribution in [0.4, 0.5) is 0 Å². The average Bonchev–Trinajstić information content (AvgIpc) is 2.80. The number of rotatable bonds is 6. The van der Waals surface area contributed by atoms with Gasteiger partial charge in [0.15, 0.2) is 0 Å². The summed E-state index contributed by atoms with van der Waals surface area (Å²) < 4.78 is 1.96. The van der Waals surface area contributed by atoms with Gasteiger partial charge < -0.3 is 15.6 Å². The van der Waals surface area contributed by atoms with Crippen LogP contribution in [0.25, 0.3) is 11.0 Å². The SMILES string of the molecule is CCCNC(C)(Cn1cnc2ccccc21)C(N)=O. The number of fused-ring (bicyclic) bond motifs is 1. The molecule has 2 rings (SSSR count). The quantitative estimate of drug-likeness (QED) is 0.821. The molecule has 3 N–H and O–H groups in total. The van der Waals surface area contributed by atoms with Gasteiger partial charge in [0.1, 0.15) is 5.54 Å². The van der Waals surface area contributed by atoms with E-state index in [2.05, 4.69) is 17.2 Å². The van der Waals surface area contributed by atoms with Crippen molar-refractivity contribution in [2.45, 2.75) is 32.4 Å². The fourth-order valence-electron chi connectivity index (χ4n) is 2.10. The minimum Gasteiger partial charge on any atom is -0.368 e. The van der Waals surface area contributed by atoms with Gasteiger partial charge in [-0.25, -0.2) is 4.98 Å². The number of hydrogen-bond acceptors (Lipinski definition) is 3. The zero-order valence-corrected chi connectivity index (χ0v) is 11.4. The molecule has 1 atom stereocenters. The molecular weight excluding hydrogens is 240 g/mol. The second-order valence-electron chi connectivity index (χ2n) is 4.98. The Hall–Kier alpha value is -1.88. The van der Waals surface area contributed by atoms with Gasteiger partial charge in [0.2, 0.25) is 5.91 Å². The topological polar surface area (TPSA) is 72.9 Å². The summed E-state index contributed by atoms with van der Waals surface area (Å²) in [6.07, 6.45) is 2.70. The first-order valence-electron chi connectivity index (χ1n) is 6.51. The Bertz CT molecular complexity index is 578. The van der Waals surface area contributed by atoms with Crippen molar-refractivity contribution in [3.8, 4) is 0 Å². The van der Waals surface area contributed by atoms with Gasteiger partial charge in [-0.1, -0.05) is 19.1 Å². The Kier molecular flexibility index (Phi) is 3.85. The molecule has 0 radical (unpaired) electrons. The summed E-state index contributed by atoms with van der Waals surface area (Å²) in [7, 11) is 0. The minimum atomic E-state index is -0.764. The van der Waals surface area contributed by atoms with Crippen molar-refractivity contribution in [2.24, 2.45) is 5.73 Å². The van der Waals surface area contributed by atoms with Crippen LogP contribution >= 0.6 is 0 Å². The van der Waals surface area contributed by atoms with Gasteiger partial charge in [-0.3, -0.25) is 4.79 Å². The molecule has 1 aromatic carbocycles. The van der Waals surface area contributed by atoms with Crippen LogP contribution in [0.2, 0.25) is 0 Å². The van der Waals surface area contributed by atoms with Gasteiger partial charge in [0.25, 0.3) is 0 Å². The number of aromatic nitrogens is 2. The van der Waals surface area contributed by atoms with Gasteiger partial charge in [-0.15, -0.1) is 0 Å². The molecule has 0 aliphatic rings. The van der Waals surface area contributed by atoms with Crippen LogP contribution in [0.15, 0.2) is 30.6 Å². The van der Waals surface area contributed by atoms with Gasteiger partial charge in [-0.2, -0.15) is 0 Å². The maximum atomic E-state index is 11.7. The highest BCUT2D eigenvalue weighted by Gasteiger charge is 2.31. The zero-order chi connectivity index (χ0) is 13.9. The van der Waals surface area contributed by atoms with Crippen molar-refractivity contribution in [3.05, 3.63) is 30.6 Å². The van der Waals surface area contributed by atoms with Crippen LogP contribution in [-0.2, 0) is 11.3 Å². The largest absolute Gasteiger partial charge is 0.368 e. The number of benzene rings is 1. The molecule has 5 nitrogen and oxygen atoms in total. The monoisotopic (exact) mass is 260 g/mol. The number of carbonyl (C=O) groups excluding carboxylic acids is 1. The number of nitrogens with two attached hydrogens (primary N) is 1. The number of imidazole rings is 1. The summed E-state index contributed by atoms with van der Waals surface area (Å²) in [5.41, 5.74) is 6.70. The van der Waals surface area contributed by atoms with Gasteiger partial charge in [-0.05, 0) is 32.0 Å². The first-order chi connectivity index (χ1) is 9.07. The molecule has 1 unspecified atom stereocenters.